The zero-order chi connectivity index (χ0) is 24.6. The average Bonchev–Trinajstić information content (AvgIpc) is 3.18. The first-order valence-electron chi connectivity index (χ1n) is 8.76. The van der Waals surface area contributed by atoms with Crippen LogP contribution in [0.2, 0.25) is 0 Å². The first-order valence-corrected chi connectivity index (χ1v) is 14.6. The van der Waals surface area contributed by atoms with Crippen molar-refractivity contribution in [3.05, 3.63) is 69.5 Å². The highest BCUT2D eigenvalue weighted by Crippen LogP contribution is 2.40. The third kappa shape index (κ3) is 5.45. The van der Waals surface area contributed by atoms with Crippen molar-refractivity contribution >= 4 is 64.6 Å². The van der Waals surface area contributed by atoms with Gasteiger partial charge >= 0.3 is 6.18 Å². The number of thiophene rings is 1. The first-order chi connectivity index (χ1) is 15.3. The van der Waals surface area contributed by atoms with Crippen molar-refractivity contribution in [3.8, 4) is 0 Å². The van der Waals surface area contributed by atoms with Crippen LogP contribution >= 0.6 is 39.0 Å². The molecule has 0 saturated carbocycles. The highest BCUT2D eigenvalue weighted by molar-refractivity contribution is 9.10. The lowest BCUT2D eigenvalue weighted by atomic mass is 10.2. The third-order valence-electron chi connectivity index (χ3n) is 4.19. The molecule has 0 fully saturated rings. The predicted molar refractivity (Wildman–Crippen MR) is 127 cm³/mol. The van der Waals surface area contributed by atoms with Crippen molar-refractivity contribution in [2.45, 2.75) is 25.1 Å². The van der Waals surface area contributed by atoms with Crippen LogP contribution < -0.4 is 5.73 Å². The smallest absolute Gasteiger partial charge is 0.383 e. The topological polar surface area (TPSA) is 113 Å². The molecule has 0 bridgehead atoms. The summed E-state index contributed by atoms with van der Waals surface area (Å²) in [5, 5.41) is 7.68. The van der Waals surface area contributed by atoms with Crippen LogP contribution in [-0.2, 0) is 25.9 Å². The summed E-state index contributed by atoms with van der Waals surface area (Å²) in [7, 11) is -8.72. The Kier molecular flexibility index (Phi) is 7.34. The van der Waals surface area contributed by atoms with Gasteiger partial charge in [0.25, 0.3) is 10.0 Å². The molecule has 1 atom stereocenters. The number of halogens is 4. The lowest BCUT2D eigenvalue weighted by Gasteiger charge is -2.12. The molecule has 0 radical (unpaired) electrons. The number of thioether (sulfide) groups is 1. The Morgan fingerprint density at radius 1 is 1.09 bits per heavy atom. The summed E-state index contributed by atoms with van der Waals surface area (Å²) in [4.78, 5) is -0.453. The van der Waals surface area contributed by atoms with Crippen LogP contribution in [0, 0.1) is 5.41 Å². The van der Waals surface area contributed by atoms with E-state index in [0.717, 1.165) is 41.3 Å². The molecule has 1 unspecified atom stereocenters. The number of benzene rings is 2. The number of alkyl halides is 3. The van der Waals surface area contributed by atoms with Gasteiger partial charge in [0.05, 0.1) is 29.3 Å². The van der Waals surface area contributed by atoms with E-state index in [9.17, 15) is 25.8 Å². The highest BCUT2D eigenvalue weighted by Gasteiger charge is 2.33. The minimum Gasteiger partial charge on any atom is -0.383 e. The number of hydrogen-bond donors (Lipinski definition) is 2. The standard InChI is InChI=1S/C19H15BrF3N3O3S4/c1-30-18-16(10-15(31-18)17(24)25)32(27,13-6-3-5-12(20)9-13)26-33(28,29)14-7-2-4-11(8-14)19(21,22)23/h2-10H,1H3,(H3,24,25). The summed E-state index contributed by atoms with van der Waals surface area (Å²) in [5.41, 5.74) is 4.39. The Morgan fingerprint density at radius 3 is 2.30 bits per heavy atom. The van der Waals surface area contributed by atoms with E-state index in [1.807, 2.05) is 0 Å². The lowest BCUT2D eigenvalue weighted by molar-refractivity contribution is -0.137. The van der Waals surface area contributed by atoms with Gasteiger partial charge in [-0.2, -0.15) is 21.6 Å². The van der Waals surface area contributed by atoms with Gasteiger partial charge in [0.15, 0.2) is 0 Å². The molecule has 1 heterocycles. The van der Waals surface area contributed by atoms with E-state index in [-0.39, 0.29) is 20.5 Å². The second kappa shape index (κ2) is 9.41. The van der Waals surface area contributed by atoms with Gasteiger partial charge in [-0.05, 0) is 48.7 Å². The van der Waals surface area contributed by atoms with Crippen LogP contribution in [0.25, 0.3) is 0 Å². The van der Waals surface area contributed by atoms with E-state index in [2.05, 4.69) is 19.7 Å². The van der Waals surface area contributed by atoms with Gasteiger partial charge in [-0.15, -0.1) is 23.1 Å². The number of nitrogens with two attached hydrogens (primary N) is 1. The normalized spacial score (nSPS) is 14.0. The van der Waals surface area contributed by atoms with Crippen LogP contribution in [0.1, 0.15) is 10.4 Å². The molecule has 0 amide bonds. The molecule has 3 N–H and O–H groups in total. The number of amidine groups is 1. The molecule has 3 aromatic rings. The third-order valence-corrected chi connectivity index (χ3v) is 11.5. The second-order valence-corrected chi connectivity index (χ2v) is 13.5. The van der Waals surface area contributed by atoms with E-state index in [1.165, 1.54) is 24.3 Å². The van der Waals surface area contributed by atoms with Gasteiger partial charge in [0, 0.05) is 4.47 Å². The zero-order valence-electron chi connectivity index (χ0n) is 16.6. The molecule has 6 nitrogen and oxygen atoms in total. The summed E-state index contributed by atoms with van der Waals surface area (Å²) in [6.45, 7) is 0. The number of nitrogens with zero attached hydrogens (tertiary/aromatic N) is 1. The largest absolute Gasteiger partial charge is 0.416 e. The maximum absolute atomic E-state index is 14.3. The van der Waals surface area contributed by atoms with Gasteiger partial charge in [-0.3, -0.25) is 5.41 Å². The molecule has 2 aromatic carbocycles. The molecule has 3 rings (SSSR count). The minimum absolute atomic E-state index is 0.0128. The summed E-state index contributed by atoms with van der Waals surface area (Å²) < 4.78 is 84.5. The van der Waals surface area contributed by atoms with E-state index < -0.39 is 36.4 Å². The van der Waals surface area contributed by atoms with E-state index in [4.69, 9.17) is 11.1 Å². The molecule has 33 heavy (non-hydrogen) atoms. The summed E-state index contributed by atoms with van der Waals surface area (Å²) in [6.07, 6.45) is -3.10. The summed E-state index contributed by atoms with van der Waals surface area (Å²) >= 11 is 5.45. The SMILES string of the molecule is CSc1sc(C(=N)N)cc1S(=O)(=NS(=O)(=O)c1cccc(C(F)(F)F)c1)c1cccc(Br)c1. The highest BCUT2D eigenvalue weighted by atomic mass is 79.9. The monoisotopic (exact) mass is 597 g/mol. The maximum atomic E-state index is 14.3. The molecule has 176 valence electrons. The molecule has 14 heteroatoms. The molecule has 0 aliphatic carbocycles. The van der Waals surface area contributed by atoms with Crippen LogP contribution in [-0.4, -0.2) is 24.7 Å². The second-order valence-electron chi connectivity index (χ2n) is 6.44. The minimum atomic E-state index is -4.80. The maximum Gasteiger partial charge on any atom is 0.416 e. The average molecular weight is 599 g/mol. The van der Waals surface area contributed by atoms with Crippen LogP contribution in [0.3, 0.4) is 0 Å². The Morgan fingerprint density at radius 2 is 1.73 bits per heavy atom. The van der Waals surface area contributed by atoms with E-state index in [1.54, 1.807) is 12.3 Å². The molecule has 0 aliphatic rings. The van der Waals surface area contributed by atoms with Crippen LogP contribution in [0.4, 0.5) is 13.2 Å². The van der Waals surface area contributed by atoms with Crippen molar-refractivity contribution in [1.82, 2.24) is 0 Å². The zero-order valence-corrected chi connectivity index (χ0v) is 21.4. The number of nitrogen functional groups attached to an aromatic ring is 1. The fourth-order valence-electron chi connectivity index (χ4n) is 2.69. The van der Waals surface area contributed by atoms with Crippen LogP contribution in [0.15, 0.2) is 81.7 Å². The molecular formula is C19H15BrF3N3O3S4. The Balaban J connectivity index is 2.37. The number of nitrogens with one attached hydrogen (secondary N) is 1. The molecule has 0 spiro atoms. The van der Waals surface area contributed by atoms with Crippen LogP contribution in [0.5, 0.6) is 0 Å². The van der Waals surface area contributed by atoms with Gasteiger partial charge in [0.2, 0.25) is 0 Å². The molecule has 0 aliphatic heterocycles. The van der Waals surface area contributed by atoms with Gasteiger partial charge in [-0.1, -0.05) is 31.8 Å². The van der Waals surface area contributed by atoms with E-state index >= 15 is 0 Å². The molecular weight excluding hydrogens is 583 g/mol. The molecule has 1 aromatic heterocycles. The fourth-order valence-corrected chi connectivity index (χ4v) is 9.82. The van der Waals surface area contributed by atoms with Crippen molar-refractivity contribution in [2.24, 2.45) is 9.50 Å². The van der Waals surface area contributed by atoms with Gasteiger partial charge in [0.1, 0.15) is 15.6 Å². The summed E-state index contributed by atoms with van der Waals surface area (Å²) in [5.74, 6) is -0.307. The fraction of sp³-hybridized carbons (Fsp3) is 0.105. The number of rotatable bonds is 6. The van der Waals surface area contributed by atoms with Crippen molar-refractivity contribution in [1.29, 1.82) is 5.41 Å². The number of hydrogen-bond acceptors (Lipinski definition) is 6. The quantitative estimate of drug-likeness (QED) is 0.211. The lowest BCUT2D eigenvalue weighted by Crippen LogP contribution is -2.10. The van der Waals surface area contributed by atoms with Crippen molar-refractivity contribution in [3.63, 3.8) is 0 Å². The number of sulfonamides is 1. The molecule has 0 saturated heterocycles. The van der Waals surface area contributed by atoms with Crippen molar-refractivity contribution < 1.29 is 25.8 Å². The Bertz CT molecular complexity index is 1460. The predicted octanol–water partition coefficient (Wildman–Crippen LogP) is 5.81. The Labute approximate surface area is 205 Å². The van der Waals surface area contributed by atoms with Gasteiger partial charge < -0.3 is 5.73 Å². The van der Waals surface area contributed by atoms with Gasteiger partial charge in [-0.25, -0.2) is 4.21 Å². The summed E-state index contributed by atoms with van der Waals surface area (Å²) in [6, 6.07) is 10.4. The first kappa shape index (κ1) is 25.7. The van der Waals surface area contributed by atoms with E-state index in [0.29, 0.717) is 14.7 Å². The Hall–Kier alpha value is -1.87. The van der Waals surface area contributed by atoms with Crippen molar-refractivity contribution in [2.75, 3.05) is 6.26 Å².